The van der Waals surface area contributed by atoms with Gasteiger partial charge >= 0.3 is 0 Å². The van der Waals surface area contributed by atoms with Crippen molar-refractivity contribution in [3.63, 3.8) is 0 Å². The Morgan fingerprint density at radius 3 is 2.24 bits per heavy atom. The van der Waals surface area contributed by atoms with Crippen LogP contribution in [0, 0.1) is 20.8 Å². The predicted molar refractivity (Wildman–Crippen MR) is 73.3 cm³/mol. The summed E-state index contributed by atoms with van der Waals surface area (Å²) in [5.41, 5.74) is 11.4. The summed E-state index contributed by atoms with van der Waals surface area (Å²) in [6.07, 6.45) is 2.21. The van der Waals surface area contributed by atoms with Crippen LogP contribution in [0.25, 0.3) is 0 Å². The Balaban J connectivity index is 3.02. The van der Waals surface area contributed by atoms with Crippen LogP contribution in [-0.2, 0) is 4.74 Å². The van der Waals surface area contributed by atoms with Crippen molar-refractivity contribution in [2.75, 3.05) is 7.11 Å². The van der Waals surface area contributed by atoms with E-state index in [0.29, 0.717) is 0 Å². The van der Waals surface area contributed by atoms with Crippen molar-refractivity contribution in [2.24, 2.45) is 5.73 Å². The van der Waals surface area contributed by atoms with Crippen molar-refractivity contribution in [1.29, 1.82) is 0 Å². The zero-order valence-electron chi connectivity index (χ0n) is 11.7. The monoisotopic (exact) mass is 235 g/mol. The molecule has 0 saturated carbocycles. The standard InChI is InChI=1S/C15H25NO/c1-6-7-14(17-5)15(16)13-9-11(3)10(2)8-12(13)4/h8-9,14-15H,6-7,16H2,1-5H3. The van der Waals surface area contributed by atoms with Crippen LogP contribution in [0.5, 0.6) is 0 Å². The molecule has 96 valence electrons. The summed E-state index contributed by atoms with van der Waals surface area (Å²) < 4.78 is 5.51. The third-order valence-corrected chi connectivity index (χ3v) is 3.52. The van der Waals surface area contributed by atoms with E-state index in [9.17, 15) is 0 Å². The van der Waals surface area contributed by atoms with Crippen LogP contribution >= 0.6 is 0 Å². The summed E-state index contributed by atoms with van der Waals surface area (Å²) in [6, 6.07) is 4.39. The van der Waals surface area contributed by atoms with Gasteiger partial charge in [0, 0.05) is 7.11 Å². The Kier molecular flexibility index (Phi) is 5.16. The number of nitrogens with two attached hydrogens (primary N) is 1. The summed E-state index contributed by atoms with van der Waals surface area (Å²) in [5, 5.41) is 0. The molecule has 1 rings (SSSR count). The number of aryl methyl sites for hydroxylation is 3. The molecule has 2 N–H and O–H groups in total. The molecule has 0 amide bonds. The minimum Gasteiger partial charge on any atom is -0.379 e. The first-order valence-corrected chi connectivity index (χ1v) is 6.37. The molecular formula is C15H25NO. The molecule has 0 aromatic heterocycles. The zero-order valence-corrected chi connectivity index (χ0v) is 11.7. The van der Waals surface area contributed by atoms with Crippen LogP contribution in [0.1, 0.15) is 48.1 Å². The maximum atomic E-state index is 6.33. The van der Waals surface area contributed by atoms with Crippen molar-refractivity contribution in [3.05, 3.63) is 34.4 Å². The van der Waals surface area contributed by atoms with Crippen molar-refractivity contribution < 1.29 is 4.74 Å². The minimum atomic E-state index is -0.0285. The summed E-state index contributed by atoms with van der Waals surface area (Å²) >= 11 is 0. The Morgan fingerprint density at radius 1 is 1.12 bits per heavy atom. The van der Waals surface area contributed by atoms with E-state index in [1.165, 1.54) is 22.3 Å². The average Bonchev–Trinajstić information content (AvgIpc) is 2.30. The molecule has 0 aliphatic heterocycles. The van der Waals surface area contributed by atoms with E-state index in [4.69, 9.17) is 10.5 Å². The molecule has 0 fully saturated rings. The van der Waals surface area contributed by atoms with E-state index in [-0.39, 0.29) is 12.1 Å². The van der Waals surface area contributed by atoms with Crippen LogP contribution in [0.4, 0.5) is 0 Å². The van der Waals surface area contributed by atoms with Gasteiger partial charge in [-0.1, -0.05) is 25.5 Å². The van der Waals surface area contributed by atoms with Gasteiger partial charge in [0.25, 0.3) is 0 Å². The van der Waals surface area contributed by atoms with E-state index in [2.05, 4.69) is 39.8 Å². The molecule has 2 atom stereocenters. The summed E-state index contributed by atoms with van der Waals surface area (Å²) in [4.78, 5) is 0. The lowest BCUT2D eigenvalue weighted by Crippen LogP contribution is -2.28. The van der Waals surface area contributed by atoms with E-state index in [0.717, 1.165) is 12.8 Å². The maximum absolute atomic E-state index is 6.33. The van der Waals surface area contributed by atoms with Gasteiger partial charge in [-0.2, -0.15) is 0 Å². The highest BCUT2D eigenvalue weighted by Gasteiger charge is 2.20. The molecule has 0 radical (unpaired) electrons. The fraction of sp³-hybridized carbons (Fsp3) is 0.600. The molecule has 2 unspecified atom stereocenters. The fourth-order valence-electron chi connectivity index (χ4n) is 2.27. The summed E-state index contributed by atoms with van der Waals surface area (Å²) in [7, 11) is 1.75. The van der Waals surface area contributed by atoms with Crippen molar-refractivity contribution in [1.82, 2.24) is 0 Å². The summed E-state index contributed by atoms with van der Waals surface area (Å²) in [5.74, 6) is 0. The molecule has 0 spiro atoms. The molecule has 2 heteroatoms. The molecular weight excluding hydrogens is 210 g/mol. The first-order valence-electron chi connectivity index (χ1n) is 6.37. The smallest absolute Gasteiger partial charge is 0.0763 e. The van der Waals surface area contributed by atoms with E-state index >= 15 is 0 Å². The lowest BCUT2D eigenvalue weighted by molar-refractivity contribution is 0.0723. The topological polar surface area (TPSA) is 35.2 Å². The van der Waals surface area contributed by atoms with Crippen LogP contribution in [0.15, 0.2) is 12.1 Å². The van der Waals surface area contributed by atoms with Gasteiger partial charge in [0.2, 0.25) is 0 Å². The van der Waals surface area contributed by atoms with E-state index in [1.807, 2.05) is 0 Å². The molecule has 0 bridgehead atoms. The van der Waals surface area contributed by atoms with Gasteiger partial charge in [-0.25, -0.2) is 0 Å². The molecule has 2 nitrogen and oxygen atoms in total. The first-order chi connectivity index (χ1) is 8.01. The third kappa shape index (κ3) is 3.30. The van der Waals surface area contributed by atoms with Gasteiger partial charge in [0.15, 0.2) is 0 Å². The number of rotatable bonds is 5. The second kappa shape index (κ2) is 6.18. The normalized spacial score (nSPS) is 14.7. The lowest BCUT2D eigenvalue weighted by atomic mass is 9.92. The fourth-order valence-corrected chi connectivity index (χ4v) is 2.27. The SMILES string of the molecule is CCCC(OC)C(N)c1cc(C)c(C)cc1C. The van der Waals surface area contributed by atoms with Gasteiger partial charge in [-0.3, -0.25) is 0 Å². The van der Waals surface area contributed by atoms with Crippen LogP contribution in [0.2, 0.25) is 0 Å². The lowest BCUT2D eigenvalue weighted by Gasteiger charge is -2.24. The van der Waals surface area contributed by atoms with E-state index in [1.54, 1.807) is 7.11 Å². The molecule has 0 heterocycles. The van der Waals surface area contributed by atoms with Crippen LogP contribution in [-0.4, -0.2) is 13.2 Å². The molecule has 0 aliphatic rings. The Morgan fingerprint density at radius 2 is 1.71 bits per heavy atom. The second-order valence-electron chi connectivity index (χ2n) is 4.88. The number of hydrogen-bond donors (Lipinski definition) is 1. The molecule has 0 aliphatic carbocycles. The maximum Gasteiger partial charge on any atom is 0.0763 e. The van der Waals surface area contributed by atoms with Gasteiger partial charge in [0.1, 0.15) is 0 Å². The Labute approximate surface area is 105 Å². The van der Waals surface area contributed by atoms with Gasteiger partial charge in [-0.05, 0) is 49.4 Å². The van der Waals surface area contributed by atoms with Gasteiger partial charge in [0.05, 0.1) is 12.1 Å². The van der Waals surface area contributed by atoms with Crippen molar-refractivity contribution in [2.45, 2.75) is 52.7 Å². The Hall–Kier alpha value is -0.860. The minimum absolute atomic E-state index is 0.0285. The summed E-state index contributed by atoms with van der Waals surface area (Å²) in [6.45, 7) is 8.55. The number of ether oxygens (including phenoxy) is 1. The van der Waals surface area contributed by atoms with Crippen molar-refractivity contribution in [3.8, 4) is 0 Å². The largest absolute Gasteiger partial charge is 0.379 e. The van der Waals surface area contributed by atoms with Gasteiger partial charge < -0.3 is 10.5 Å². The highest BCUT2D eigenvalue weighted by Crippen LogP contribution is 2.25. The molecule has 0 saturated heterocycles. The van der Waals surface area contributed by atoms with Crippen molar-refractivity contribution >= 4 is 0 Å². The Bertz CT molecular complexity index is 373. The zero-order chi connectivity index (χ0) is 13.0. The van der Waals surface area contributed by atoms with Crippen LogP contribution < -0.4 is 5.73 Å². The van der Waals surface area contributed by atoms with Gasteiger partial charge in [-0.15, -0.1) is 0 Å². The van der Waals surface area contributed by atoms with Crippen LogP contribution in [0.3, 0.4) is 0 Å². The number of benzene rings is 1. The highest BCUT2D eigenvalue weighted by molar-refractivity contribution is 5.38. The predicted octanol–water partition coefficient (Wildman–Crippen LogP) is 3.43. The van der Waals surface area contributed by atoms with E-state index < -0.39 is 0 Å². The first kappa shape index (κ1) is 14.2. The highest BCUT2D eigenvalue weighted by atomic mass is 16.5. The molecule has 1 aromatic carbocycles. The number of methoxy groups -OCH3 is 1. The second-order valence-corrected chi connectivity index (χ2v) is 4.88. The number of hydrogen-bond acceptors (Lipinski definition) is 2. The average molecular weight is 235 g/mol. The molecule has 17 heavy (non-hydrogen) atoms. The molecule has 1 aromatic rings. The quantitative estimate of drug-likeness (QED) is 0.848. The third-order valence-electron chi connectivity index (χ3n) is 3.52.